The van der Waals surface area contributed by atoms with Crippen LogP contribution in [0.25, 0.3) is 12.2 Å². The van der Waals surface area contributed by atoms with Gasteiger partial charge in [0.15, 0.2) is 11.6 Å². The van der Waals surface area contributed by atoms with Crippen molar-refractivity contribution in [2.75, 3.05) is 37.7 Å². The molecule has 14 nitrogen and oxygen atoms in total. The van der Waals surface area contributed by atoms with E-state index in [-0.39, 0.29) is 61.1 Å². The topological polar surface area (TPSA) is 203 Å². The first-order chi connectivity index (χ1) is 26.5. The second-order valence-electron chi connectivity index (χ2n) is 19.5. The van der Waals surface area contributed by atoms with Crippen molar-refractivity contribution in [2.24, 2.45) is 33.5 Å². The molecule has 4 unspecified atom stereocenters. The molecule has 2 amide bonds. The van der Waals surface area contributed by atoms with Gasteiger partial charge in [-0.3, -0.25) is 9.59 Å². The van der Waals surface area contributed by atoms with Crippen LogP contribution < -0.4 is 20.1 Å². The predicted molar refractivity (Wildman–Crippen MR) is 222 cm³/mol. The van der Waals surface area contributed by atoms with E-state index in [4.69, 9.17) is 9.47 Å². The smallest absolute Gasteiger partial charge is 0.407 e. The standard InChI is InChI=1S/C42H62N4O10S2/c1-37(2,3)55-35(49)43-19-21-45-57(51,52)25-41-17-15-31(39(41,7)8)29(33(41)47)23-27-11-13-28(14-12-27)24-30-32-16-18-42(34(30)48,40(32,9)10)26-58(53,54)46-22-20-44-36(50)56-38(4,5)6/h11-14,23-24,31-32,45-46H,15-22,25-26H2,1-10H3,(H,43,49)(H,44,50)/b29-23-,30-24-. The highest BCUT2D eigenvalue weighted by Gasteiger charge is 2.68. The Hall–Kier alpha value is -3.60. The molecule has 0 heterocycles. The van der Waals surface area contributed by atoms with Crippen LogP contribution in [0.3, 0.4) is 0 Å². The molecule has 0 spiro atoms. The van der Waals surface area contributed by atoms with Crippen LogP contribution in [0.5, 0.6) is 0 Å². The minimum atomic E-state index is -3.88. The van der Waals surface area contributed by atoms with Crippen molar-refractivity contribution in [3.63, 3.8) is 0 Å². The zero-order valence-corrected chi connectivity index (χ0v) is 37.2. The quantitative estimate of drug-likeness (QED) is 0.140. The van der Waals surface area contributed by atoms with E-state index < -0.39 is 65.1 Å². The van der Waals surface area contributed by atoms with Gasteiger partial charge in [0.25, 0.3) is 0 Å². The van der Waals surface area contributed by atoms with Crippen molar-refractivity contribution in [3.05, 3.63) is 46.5 Å². The van der Waals surface area contributed by atoms with Crippen LogP contribution in [-0.4, -0.2) is 89.5 Å². The lowest BCUT2D eigenvalue weighted by molar-refractivity contribution is -0.125. The molecule has 322 valence electrons. The molecule has 4 saturated carbocycles. The van der Waals surface area contributed by atoms with E-state index in [1.807, 2.05) is 64.1 Å². The first-order valence-corrected chi connectivity index (χ1v) is 23.4. The van der Waals surface area contributed by atoms with E-state index in [1.54, 1.807) is 41.5 Å². The Bertz CT molecular complexity index is 1940. The summed E-state index contributed by atoms with van der Waals surface area (Å²) in [6, 6.07) is 7.47. The predicted octanol–water partition coefficient (Wildman–Crippen LogP) is 5.35. The average Bonchev–Trinajstić information content (AvgIpc) is 3.58. The van der Waals surface area contributed by atoms with E-state index in [1.165, 1.54) is 0 Å². The van der Waals surface area contributed by atoms with Crippen molar-refractivity contribution in [2.45, 2.75) is 106 Å². The van der Waals surface area contributed by atoms with Crippen LogP contribution in [-0.2, 0) is 39.1 Å². The molecule has 0 radical (unpaired) electrons. The summed E-state index contributed by atoms with van der Waals surface area (Å²) < 4.78 is 68.8. The summed E-state index contributed by atoms with van der Waals surface area (Å²) in [4.78, 5) is 52.2. The molecule has 4 fully saturated rings. The number of nitrogens with one attached hydrogen (secondary N) is 4. The normalized spacial score (nSPS) is 27.7. The lowest BCUT2D eigenvalue weighted by atomic mass is 9.70. The fourth-order valence-electron chi connectivity index (χ4n) is 9.73. The van der Waals surface area contributed by atoms with E-state index >= 15 is 0 Å². The Morgan fingerprint density at radius 2 is 0.966 bits per heavy atom. The number of carbonyl (C=O) groups excluding carboxylic acids is 4. The van der Waals surface area contributed by atoms with Crippen molar-refractivity contribution < 1.29 is 45.5 Å². The summed E-state index contributed by atoms with van der Waals surface area (Å²) in [6.07, 6.45) is 4.68. The number of hydrogen-bond acceptors (Lipinski definition) is 10. The lowest BCUT2D eigenvalue weighted by Crippen LogP contribution is -2.46. The number of Topliss-reactive ketones (excluding diaryl/α,β-unsaturated/α-hetero) is 2. The summed E-state index contributed by atoms with van der Waals surface area (Å²) in [5.74, 6) is -1.28. The van der Waals surface area contributed by atoms with Gasteiger partial charge in [-0.15, -0.1) is 0 Å². The molecule has 4 aliphatic carbocycles. The maximum atomic E-state index is 14.1. The van der Waals surface area contributed by atoms with Crippen molar-refractivity contribution in [1.82, 2.24) is 20.1 Å². The van der Waals surface area contributed by atoms with Crippen molar-refractivity contribution in [1.29, 1.82) is 0 Å². The maximum Gasteiger partial charge on any atom is 0.407 e. The first-order valence-electron chi connectivity index (χ1n) is 20.1. The Morgan fingerprint density at radius 3 is 1.28 bits per heavy atom. The largest absolute Gasteiger partial charge is 0.444 e. The van der Waals surface area contributed by atoms with Gasteiger partial charge in [0.2, 0.25) is 20.0 Å². The van der Waals surface area contributed by atoms with Gasteiger partial charge in [0.05, 0.1) is 22.3 Å². The molecule has 58 heavy (non-hydrogen) atoms. The van der Waals surface area contributed by atoms with E-state index in [9.17, 15) is 36.0 Å². The molecule has 4 N–H and O–H groups in total. The Morgan fingerprint density at radius 1 is 0.638 bits per heavy atom. The van der Waals surface area contributed by atoms with Crippen LogP contribution in [0.15, 0.2) is 35.4 Å². The fraction of sp³-hybridized carbons (Fsp3) is 0.667. The number of sulfonamides is 2. The van der Waals surface area contributed by atoms with Crippen LogP contribution >= 0.6 is 0 Å². The third kappa shape index (κ3) is 9.24. The molecular formula is C42H62N4O10S2. The van der Waals surface area contributed by atoms with Gasteiger partial charge >= 0.3 is 12.2 Å². The van der Waals surface area contributed by atoms with Gasteiger partial charge in [0.1, 0.15) is 11.2 Å². The number of amides is 2. The molecule has 0 saturated heterocycles. The third-order valence-electron chi connectivity index (χ3n) is 12.8. The van der Waals surface area contributed by atoms with Crippen LogP contribution in [0.4, 0.5) is 9.59 Å². The van der Waals surface area contributed by atoms with Gasteiger partial charge in [-0.05, 0) is 113 Å². The van der Waals surface area contributed by atoms with Crippen LogP contribution in [0.1, 0.15) is 106 Å². The van der Waals surface area contributed by atoms with Crippen LogP contribution in [0.2, 0.25) is 0 Å². The molecule has 4 atom stereocenters. The molecule has 1 aromatic rings. The lowest BCUT2D eigenvalue weighted by Gasteiger charge is -2.35. The highest BCUT2D eigenvalue weighted by molar-refractivity contribution is 7.89. The van der Waals surface area contributed by atoms with Gasteiger partial charge in [-0.1, -0.05) is 52.0 Å². The number of rotatable bonds is 14. The second-order valence-corrected chi connectivity index (χ2v) is 23.1. The minimum Gasteiger partial charge on any atom is -0.444 e. The number of carbonyl (C=O) groups is 4. The maximum absolute atomic E-state index is 14.1. The summed E-state index contributed by atoms with van der Waals surface area (Å²) in [7, 11) is -7.77. The second kappa shape index (κ2) is 15.8. The molecule has 16 heteroatoms. The SMILES string of the molecule is CC(C)(C)OC(=O)NCCNS(=O)(=O)CC12CCC(/C(=C/c3ccc(/C=C4\C(=O)C5(CS(=O)(=O)NCCNC(=O)OC(C)(C)C)CCC4C5(C)C)cc3)C1=O)C2(C)C. The molecule has 5 rings (SSSR count). The van der Waals surface area contributed by atoms with E-state index in [2.05, 4.69) is 20.1 Å². The van der Waals surface area contributed by atoms with Crippen LogP contribution in [0, 0.1) is 33.5 Å². The molecule has 0 aliphatic heterocycles. The third-order valence-corrected chi connectivity index (χ3v) is 15.8. The average molecular weight is 847 g/mol. The Balaban J connectivity index is 1.24. The highest BCUT2D eigenvalue weighted by Crippen LogP contribution is 2.67. The monoisotopic (exact) mass is 846 g/mol. The number of allylic oxidation sites excluding steroid dienone is 2. The molecule has 0 aromatic heterocycles. The van der Waals surface area contributed by atoms with Gasteiger partial charge in [-0.25, -0.2) is 35.9 Å². The van der Waals surface area contributed by atoms with E-state index in [0.29, 0.717) is 36.8 Å². The van der Waals surface area contributed by atoms with Gasteiger partial charge in [-0.2, -0.15) is 0 Å². The number of hydrogen-bond donors (Lipinski definition) is 4. The number of ketones is 2. The summed E-state index contributed by atoms with van der Waals surface area (Å²) in [5.41, 5.74) is -2.01. The number of alkyl carbamates (subject to hydrolysis) is 2. The zero-order chi connectivity index (χ0) is 43.3. The molecule has 4 bridgehead atoms. The number of ether oxygens (including phenoxy) is 2. The van der Waals surface area contributed by atoms with Crippen molar-refractivity contribution >= 4 is 56.0 Å². The van der Waals surface area contributed by atoms with E-state index in [0.717, 1.165) is 11.1 Å². The highest BCUT2D eigenvalue weighted by atomic mass is 32.2. The number of fused-ring (bicyclic) bond motifs is 4. The Labute approximate surface area is 344 Å². The van der Waals surface area contributed by atoms with Gasteiger partial charge in [0, 0.05) is 37.3 Å². The summed E-state index contributed by atoms with van der Waals surface area (Å²) >= 11 is 0. The summed E-state index contributed by atoms with van der Waals surface area (Å²) in [6.45, 7) is 18.2. The van der Waals surface area contributed by atoms with Gasteiger partial charge < -0.3 is 20.1 Å². The minimum absolute atomic E-state index is 0.0315. The Kier molecular flexibility index (Phi) is 12.4. The zero-order valence-electron chi connectivity index (χ0n) is 35.6. The molecule has 1 aromatic carbocycles. The summed E-state index contributed by atoms with van der Waals surface area (Å²) in [5, 5.41) is 5.07. The molecule has 4 aliphatic rings. The number of benzene rings is 1. The van der Waals surface area contributed by atoms with Crippen molar-refractivity contribution in [3.8, 4) is 0 Å². The molecular weight excluding hydrogens is 785 g/mol. The fourth-order valence-corrected chi connectivity index (χ4v) is 13.4. The first kappa shape index (κ1) is 45.5.